The first-order chi connectivity index (χ1) is 19.8. The summed E-state index contributed by atoms with van der Waals surface area (Å²) in [6.07, 6.45) is -10.7. The second kappa shape index (κ2) is 14.7. The molecule has 2 saturated heterocycles. The molecule has 1 aromatic carbocycles. The normalized spacial score (nSPS) is 32.9. The summed E-state index contributed by atoms with van der Waals surface area (Å²) in [5.74, 6) is -3.32. The van der Waals surface area contributed by atoms with Gasteiger partial charge in [-0.3, -0.25) is 14.4 Å². The Hall–Kier alpha value is -3.38. The van der Waals surface area contributed by atoms with Crippen LogP contribution in [0.4, 0.5) is 5.69 Å². The zero-order chi connectivity index (χ0) is 31.1. The summed E-state index contributed by atoms with van der Waals surface area (Å²) in [6.45, 7) is 2.80. The van der Waals surface area contributed by atoms with Crippen LogP contribution in [0.5, 0.6) is 0 Å². The van der Waals surface area contributed by atoms with Gasteiger partial charge in [-0.25, -0.2) is 4.79 Å². The highest BCUT2D eigenvalue weighted by Crippen LogP contribution is 2.30. The number of aliphatic hydroxyl groups is 3. The molecule has 0 bridgehead atoms. The second-order valence-electron chi connectivity index (χ2n) is 10.1. The molecule has 42 heavy (non-hydrogen) atoms. The summed E-state index contributed by atoms with van der Waals surface area (Å²) >= 11 is 0. The maximum atomic E-state index is 12.4. The van der Waals surface area contributed by atoms with Gasteiger partial charge in [-0.15, -0.1) is 0 Å². The number of hydrogen-bond acceptors (Lipinski definition) is 12. The first-order valence-corrected chi connectivity index (χ1v) is 13.3. The van der Waals surface area contributed by atoms with Crippen LogP contribution in [0.25, 0.3) is 0 Å². The molecular formula is C26H38N4O12. The molecule has 2 heterocycles. The SMILES string of the molecule is CC(=O)N[C@@H]1[C@@H](OCCc2ccc(N)cc2)O[C@H](C(=O)O)[C@@H](O[C@H]2O[C@H](CO)[C@@H](O)[C@H](O)[C@H]2NC(C)=O)[C@@H]1NC(C)=O. The van der Waals surface area contributed by atoms with E-state index >= 15 is 0 Å². The molecule has 2 aliphatic rings. The predicted octanol–water partition coefficient (Wildman–Crippen LogP) is -3.02. The molecular weight excluding hydrogens is 560 g/mol. The summed E-state index contributed by atoms with van der Waals surface area (Å²) in [4.78, 5) is 48.8. The van der Waals surface area contributed by atoms with Crippen LogP contribution in [0.2, 0.25) is 0 Å². The Morgan fingerprint density at radius 3 is 1.98 bits per heavy atom. The van der Waals surface area contributed by atoms with Crippen molar-refractivity contribution in [2.24, 2.45) is 0 Å². The molecule has 9 N–H and O–H groups in total. The molecule has 16 nitrogen and oxygen atoms in total. The maximum absolute atomic E-state index is 12.4. The largest absolute Gasteiger partial charge is 0.479 e. The molecule has 0 saturated carbocycles. The maximum Gasteiger partial charge on any atom is 0.335 e. The van der Waals surface area contributed by atoms with Crippen molar-refractivity contribution in [1.29, 1.82) is 0 Å². The lowest BCUT2D eigenvalue weighted by Gasteiger charge is -2.48. The monoisotopic (exact) mass is 598 g/mol. The minimum Gasteiger partial charge on any atom is -0.479 e. The average Bonchev–Trinajstić information content (AvgIpc) is 2.91. The van der Waals surface area contributed by atoms with Gasteiger partial charge in [0.15, 0.2) is 18.7 Å². The molecule has 3 rings (SSSR count). The Bertz CT molecular complexity index is 1110. The van der Waals surface area contributed by atoms with E-state index in [9.17, 15) is 39.6 Å². The molecule has 0 aromatic heterocycles. The van der Waals surface area contributed by atoms with Crippen molar-refractivity contribution in [2.75, 3.05) is 18.9 Å². The van der Waals surface area contributed by atoms with Crippen LogP contribution in [0.15, 0.2) is 24.3 Å². The van der Waals surface area contributed by atoms with Gasteiger partial charge in [0.05, 0.1) is 19.3 Å². The lowest BCUT2D eigenvalue weighted by molar-refractivity contribution is -0.315. The topological polar surface area (TPSA) is 248 Å². The third kappa shape index (κ3) is 8.34. The summed E-state index contributed by atoms with van der Waals surface area (Å²) in [7, 11) is 0. The van der Waals surface area contributed by atoms with Crippen molar-refractivity contribution in [3.05, 3.63) is 29.8 Å². The molecule has 2 fully saturated rings. The van der Waals surface area contributed by atoms with Crippen molar-refractivity contribution in [1.82, 2.24) is 16.0 Å². The molecule has 0 unspecified atom stereocenters. The number of aliphatic carboxylic acids is 1. The lowest BCUT2D eigenvalue weighted by Crippen LogP contribution is -2.72. The van der Waals surface area contributed by atoms with E-state index in [0.717, 1.165) is 12.5 Å². The predicted molar refractivity (Wildman–Crippen MR) is 142 cm³/mol. The van der Waals surface area contributed by atoms with Crippen LogP contribution >= 0.6 is 0 Å². The van der Waals surface area contributed by atoms with E-state index in [-0.39, 0.29) is 6.61 Å². The van der Waals surface area contributed by atoms with Crippen molar-refractivity contribution in [3.63, 3.8) is 0 Å². The van der Waals surface area contributed by atoms with Crippen molar-refractivity contribution < 1.29 is 58.6 Å². The first kappa shape index (κ1) is 33.1. The van der Waals surface area contributed by atoms with Crippen LogP contribution in [-0.2, 0) is 44.5 Å². The van der Waals surface area contributed by atoms with Crippen LogP contribution in [0.3, 0.4) is 0 Å². The molecule has 234 valence electrons. The van der Waals surface area contributed by atoms with Gasteiger partial charge >= 0.3 is 5.97 Å². The second-order valence-corrected chi connectivity index (χ2v) is 10.1. The smallest absolute Gasteiger partial charge is 0.335 e. The van der Waals surface area contributed by atoms with Gasteiger partial charge in [0.1, 0.15) is 36.5 Å². The number of carbonyl (C=O) groups is 4. The summed E-state index contributed by atoms with van der Waals surface area (Å²) in [6, 6.07) is 3.11. The summed E-state index contributed by atoms with van der Waals surface area (Å²) < 4.78 is 23.2. The van der Waals surface area contributed by atoms with Crippen molar-refractivity contribution in [3.8, 4) is 0 Å². The Morgan fingerprint density at radius 2 is 1.43 bits per heavy atom. The fourth-order valence-corrected chi connectivity index (χ4v) is 4.88. The molecule has 10 atom stereocenters. The number of carbonyl (C=O) groups excluding carboxylic acids is 3. The molecule has 0 aliphatic carbocycles. The van der Waals surface area contributed by atoms with E-state index in [2.05, 4.69) is 16.0 Å². The number of carboxylic acid groups (broad SMARTS) is 1. The minimum atomic E-state index is -1.81. The van der Waals surface area contributed by atoms with E-state index < -0.39 is 91.5 Å². The molecule has 16 heteroatoms. The third-order valence-corrected chi connectivity index (χ3v) is 6.79. The molecule has 2 aliphatic heterocycles. The van der Waals surface area contributed by atoms with Crippen LogP contribution in [-0.4, -0.2) is 119 Å². The Balaban J connectivity index is 1.93. The number of rotatable bonds is 11. The van der Waals surface area contributed by atoms with E-state index in [4.69, 9.17) is 24.7 Å². The number of aliphatic hydroxyl groups excluding tert-OH is 3. The van der Waals surface area contributed by atoms with Crippen LogP contribution in [0, 0.1) is 0 Å². The Kier molecular flexibility index (Phi) is 11.6. The number of benzene rings is 1. The fourth-order valence-electron chi connectivity index (χ4n) is 4.88. The van der Waals surface area contributed by atoms with Gasteiger partial charge in [0, 0.05) is 26.5 Å². The zero-order valence-corrected chi connectivity index (χ0v) is 23.3. The van der Waals surface area contributed by atoms with E-state index in [0.29, 0.717) is 12.1 Å². The molecule has 0 radical (unpaired) electrons. The van der Waals surface area contributed by atoms with Gasteiger partial charge < -0.3 is 61.1 Å². The zero-order valence-electron chi connectivity index (χ0n) is 23.3. The third-order valence-electron chi connectivity index (χ3n) is 6.79. The van der Waals surface area contributed by atoms with E-state index in [1.54, 1.807) is 24.3 Å². The Labute approximate surface area is 241 Å². The molecule has 0 spiro atoms. The highest BCUT2D eigenvalue weighted by Gasteiger charge is 2.54. The number of hydrogen-bond donors (Lipinski definition) is 8. The van der Waals surface area contributed by atoms with Crippen LogP contribution < -0.4 is 21.7 Å². The number of carboxylic acids is 1. The fraction of sp³-hybridized carbons (Fsp3) is 0.615. The van der Waals surface area contributed by atoms with Gasteiger partial charge in [0.25, 0.3) is 0 Å². The average molecular weight is 599 g/mol. The number of nitrogens with one attached hydrogen (secondary N) is 3. The number of nitrogens with two attached hydrogens (primary N) is 1. The van der Waals surface area contributed by atoms with Crippen LogP contribution in [0.1, 0.15) is 26.3 Å². The minimum absolute atomic E-state index is 0.0356. The van der Waals surface area contributed by atoms with E-state index in [1.807, 2.05) is 0 Å². The summed E-state index contributed by atoms with van der Waals surface area (Å²) in [5.41, 5.74) is 7.15. The number of ether oxygens (including phenoxy) is 4. The highest BCUT2D eigenvalue weighted by molar-refractivity contribution is 5.77. The van der Waals surface area contributed by atoms with Crippen molar-refractivity contribution in [2.45, 2.75) is 88.4 Å². The standard InChI is InChI=1S/C26H38N4O12/c1-11(32)28-17-18(29-12(2)33)25(39-9-8-14-4-6-15(27)7-5-14)42-23(24(37)38)22(17)41-26-19(30-13(3)34)21(36)20(35)16(10-31)40-26/h4-7,16-23,25-26,31,35-36H,8-10,27H2,1-3H3,(H,28,32)(H,29,33)(H,30,34)(H,37,38)/t16-,17-,18+,19-,20-,21-,22+,23+,25+,26-/m1/s1. The summed E-state index contributed by atoms with van der Waals surface area (Å²) in [5, 5.41) is 48.3. The number of nitrogen functional groups attached to an aromatic ring is 1. The number of amides is 3. The lowest BCUT2D eigenvalue weighted by atomic mass is 9.92. The van der Waals surface area contributed by atoms with Crippen molar-refractivity contribution >= 4 is 29.4 Å². The number of anilines is 1. The van der Waals surface area contributed by atoms with Gasteiger partial charge in [0.2, 0.25) is 17.7 Å². The molecule has 3 amide bonds. The Morgan fingerprint density at radius 1 is 0.857 bits per heavy atom. The highest BCUT2D eigenvalue weighted by atomic mass is 16.7. The van der Waals surface area contributed by atoms with E-state index in [1.165, 1.54) is 13.8 Å². The van der Waals surface area contributed by atoms with Gasteiger partial charge in [-0.05, 0) is 24.1 Å². The molecule has 1 aromatic rings. The van der Waals surface area contributed by atoms with Gasteiger partial charge in [-0.2, -0.15) is 0 Å². The quantitative estimate of drug-likeness (QED) is 0.118. The first-order valence-electron chi connectivity index (χ1n) is 13.3. The van der Waals surface area contributed by atoms with Gasteiger partial charge in [-0.1, -0.05) is 12.1 Å².